The van der Waals surface area contributed by atoms with Gasteiger partial charge in [-0.3, -0.25) is 19.8 Å². The van der Waals surface area contributed by atoms with Crippen LogP contribution in [0.3, 0.4) is 0 Å². The Morgan fingerprint density at radius 3 is 2.53 bits per heavy atom. The van der Waals surface area contributed by atoms with Gasteiger partial charge in [0.15, 0.2) is 5.70 Å². The van der Waals surface area contributed by atoms with Crippen LogP contribution in [0, 0.1) is 22.0 Å². The van der Waals surface area contributed by atoms with Gasteiger partial charge in [-0.15, -0.1) is 0 Å². The average molecular weight is 446 g/mol. The zero-order valence-electron chi connectivity index (χ0n) is 17.4. The predicted octanol–water partition coefficient (Wildman–Crippen LogP) is 2.05. The number of benzene rings is 1. The van der Waals surface area contributed by atoms with Crippen molar-refractivity contribution < 1.29 is 38.6 Å². The fourth-order valence-electron chi connectivity index (χ4n) is 3.82. The fourth-order valence-corrected chi connectivity index (χ4v) is 3.82. The molecule has 2 heterocycles. The molecule has 4 atom stereocenters. The van der Waals surface area contributed by atoms with Gasteiger partial charge in [0.05, 0.1) is 23.0 Å². The lowest BCUT2D eigenvalue weighted by Crippen LogP contribution is -2.63. The predicted molar refractivity (Wildman–Crippen MR) is 108 cm³/mol. The number of carbonyl (C=O) groups is 3. The minimum absolute atomic E-state index is 0.0886. The van der Waals surface area contributed by atoms with Crippen molar-refractivity contribution in [3.63, 3.8) is 0 Å². The molecule has 0 bridgehead atoms. The van der Waals surface area contributed by atoms with E-state index in [1.54, 1.807) is 6.92 Å². The molecule has 0 aromatic heterocycles. The number of amides is 1. The van der Waals surface area contributed by atoms with Gasteiger partial charge in [0.1, 0.15) is 19.0 Å². The Balaban J connectivity index is 1.81. The van der Waals surface area contributed by atoms with Crippen molar-refractivity contribution in [1.82, 2.24) is 4.90 Å². The highest BCUT2D eigenvalue weighted by molar-refractivity contribution is 6.00. The normalized spacial score (nSPS) is 22.5. The molecule has 1 aromatic carbocycles. The molecule has 170 valence electrons. The number of β-lactam (4-membered cyclic amide) rings is 1. The Morgan fingerprint density at radius 2 is 1.97 bits per heavy atom. The topological polar surface area (TPSA) is 146 Å². The monoisotopic (exact) mass is 446 g/mol. The highest BCUT2D eigenvalue weighted by atomic mass is 16.7. The summed E-state index contributed by atoms with van der Waals surface area (Å²) in [7, 11) is 0. The van der Waals surface area contributed by atoms with Gasteiger partial charge in [0.2, 0.25) is 5.91 Å². The Morgan fingerprint density at radius 1 is 1.31 bits per heavy atom. The highest BCUT2D eigenvalue weighted by Gasteiger charge is 2.61. The third-order valence-corrected chi connectivity index (χ3v) is 5.33. The second kappa shape index (κ2) is 9.18. The molecule has 2 aliphatic heterocycles. The first kappa shape index (κ1) is 22.9. The molecular weight excluding hydrogens is 424 g/mol. The lowest BCUT2D eigenvalue weighted by molar-refractivity contribution is -0.384. The molecule has 0 saturated carbocycles. The summed E-state index contributed by atoms with van der Waals surface area (Å²) in [5.74, 6) is -2.83. The van der Waals surface area contributed by atoms with Crippen molar-refractivity contribution in [3.05, 3.63) is 64.1 Å². The molecule has 0 radical (unpaired) electrons. The van der Waals surface area contributed by atoms with Gasteiger partial charge in [-0.2, -0.15) is 0 Å². The number of ether oxygens (including phenoxy) is 3. The SMILES string of the molecule is C=CCOC(=O)OC1=C(C(=O)OCc2ccc([N+](=O)[O-])cc2)N2C(=O)[C@H]([C@@H](C)O)[C@H]2[C@H]1C. The van der Waals surface area contributed by atoms with Crippen LogP contribution in [0.5, 0.6) is 0 Å². The Labute approximate surface area is 183 Å². The summed E-state index contributed by atoms with van der Waals surface area (Å²) in [6.07, 6.45) is -0.695. The van der Waals surface area contributed by atoms with E-state index in [2.05, 4.69) is 6.58 Å². The van der Waals surface area contributed by atoms with E-state index in [9.17, 15) is 29.6 Å². The summed E-state index contributed by atoms with van der Waals surface area (Å²) in [6.45, 7) is 6.22. The van der Waals surface area contributed by atoms with Crippen LogP contribution in [-0.2, 0) is 30.4 Å². The molecule has 1 fully saturated rings. The fraction of sp³-hybridized carbons (Fsp3) is 0.381. The van der Waals surface area contributed by atoms with E-state index < -0.39 is 46.9 Å². The first-order valence-electron chi connectivity index (χ1n) is 9.78. The van der Waals surface area contributed by atoms with Gasteiger partial charge in [0, 0.05) is 18.1 Å². The molecule has 2 aliphatic rings. The third kappa shape index (κ3) is 4.19. The van der Waals surface area contributed by atoms with E-state index in [-0.39, 0.29) is 30.4 Å². The number of nitro groups is 1. The quantitative estimate of drug-likeness (QED) is 0.208. The molecule has 11 heteroatoms. The van der Waals surface area contributed by atoms with Crippen LogP contribution in [0.15, 0.2) is 48.4 Å². The molecule has 1 N–H and O–H groups in total. The van der Waals surface area contributed by atoms with Crippen molar-refractivity contribution in [2.45, 2.75) is 32.6 Å². The maximum atomic E-state index is 12.9. The van der Waals surface area contributed by atoms with E-state index in [1.165, 1.54) is 37.3 Å². The molecule has 0 spiro atoms. The van der Waals surface area contributed by atoms with Crippen LogP contribution in [0.2, 0.25) is 0 Å². The van der Waals surface area contributed by atoms with Gasteiger partial charge < -0.3 is 19.3 Å². The molecular formula is C21H22N2O9. The largest absolute Gasteiger partial charge is 0.513 e. The van der Waals surface area contributed by atoms with Crippen LogP contribution in [0.4, 0.5) is 10.5 Å². The number of non-ortho nitro benzene ring substituents is 1. The minimum Gasteiger partial charge on any atom is -0.456 e. The Bertz CT molecular complexity index is 983. The second-order valence-electron chi connectivity index (χ2n) is 7.42. The summed E-state index contributed by atoms with van der Waals surface area (Å²) in [5.41, 5.74) is 0.137. The molecule has 11 nitrogen and oxygen atoms in total. The van der Waals surface area contributed by atoms with Crippen LogP contribution in [0.25, 0.3) is 0 Å². The van der Waals surface area contributed by atoms with Gasteiger partial charge in [0.25, 0.3) is 5.69 Å². The molecule has 1 saturated heterocycles. The lowest BCUT2D eigenvalue weighted by Gasteiger charge is -2.46. The van der Waals surface area contributed by atoms with E-state index >= 15 is 0 Å². The van der Waals surface area contributed by atoms with Crippen LogP contribution >= 0.6 is 0 Å². The van der Waals surface area contributed by atoms with E-state index in [1.807, 2.05) is 0 Å². The zero-order chi connectivity index (χ0) is 23.6. The van der Waals surface area contributed by atoms with Gasteiger partial charge >= 0.3 is 12.1 Å². The number of fused-ring (bicyclic) bond motifs is 1. The zero-order valence-corrected chi connectivity index (χ0v) is 17.4. The van der Waals surface area contributed by atoms with Crippen LogP contribution in [0.1, 0.15) is 19.4 Å². The average Bonchev–Trinajstić information content (AvgIpc) is 2.98. The molecule has 3 rings (SSSR count). The van der Waals surface area contributed by atoms with Crippen LogP contribution < -0.4 is 0 Å². The van der Waals surface area contributed by atoms with Gasteiger partial charge in [-0.05, 0) is 24.6 Å². The highest BCUT2D eigenvalue weighted by Crippen LogP contribution is 2.47. The number of rotatable bonds is 8. The van der Waals surface area contributed by atoms with Crippen molar-refractivity contribution in [2.24, 2.45) is 11.8 Å². The molecule has 32 heavy (non-hydrogen) atoms. The smallest absolute Gasteiger partial charge is 0.456 e. The summed E-state index contributed by atoms with van der Waals surface area (Å²) < 4.78 is 15.3. The van der Waals surface area contributed by atoms with Crippen molar-refractivity contribution in [2.75, 3.05) is 6.61 Å². The van der Waals surface area contributed by atoms with Gasteiger partial charge in [-0.25, -0.2) is 9.59 Å². The number of esters is 1. The summed E-state index contributed by atoms with van der Waals surface area (Å²) in [4.78, 5) is 48.8. The first-order valence-corrected chi connectivity index (χ1v) is 9.78. The molecule has 0 unspecified atom stereocenters. The molecule has 1 aromatic rings. The minimum atomic E-state index is -1.07. The molecule has 0 aliphatic carbocycles. The maximum Gasteiger partial charge on any atom is 0.513 e. The van der Waals surface area contributed by atoms with Crippen molar-refractivity contribution in [3.8, 4) is 0 Å². The van der Waals surface area contributed by atoms with E-state index in [0.29, 0.717) is 5.56 Å². The summed E-state index contributed by atoms with van der Waals surface area (Å²) >= 11 is 0. The second-order valence-corrected chi connectivity index (χ2v) is 7.42. The number of hydrogen-bond donors (Lipinski definition) is 1. The summed E-state index contributed by atoms with van der Waals surface area (Å²) in [5, 5.41) is 20.7. The summed E-state index contributed by atoms with van der Waals surface area (Å²) in [6, 6.07) is 4.83. The van der Waals surface area contributed by atoms with Gasteiger partial charge in [-0.1, -0.05) is 19.6 Å². The molecule has 1 amide bonds. The number of hydrogen-bond acceptors (Lipinski definition) is 9. The van der Waals surface area contributed by atoms with E-state index in [4.69, 9.17) is 14.2 Å². The number of aliphatic hydroxyl groups is 1. The number of carbonyl (C=O) groups excluding carboxylic acids is 3. The third-order valence-electron chi connectivity index (χ3n) is 5.33. The van der Waals surface area contributed by atoms with Crippen molar-refractivity contribution >= 4 is 23.7 Å². The van der Waals surface area contributed by atoms with Crippen LogP contribution in [-0.4, -0.2) is 51.7 Å². The Hall–Kier alpha value is -3.73. The Kier molecular flexibility index (Phi) is 6.58. The first-order chi connectivity index (χ1) is 15.2. The maximum absolute atomic E-state index is 12.9. The number of nitrogens with zero attached hydrogens (tertiary/aromatic N) is 2. The lowest BCUT2D eigenvalue weighted by atomic mass is 9.79. The standard InChI is InChI=1S/C21H22N2O9/c1-4-9-30-21(27)32-18-11(2)16-15(12(3)24)19(25)22(16)17(18)20(26)31-10-13-5-7-14(8-6-13)23(28)29/h4-8,11-12,15-16,24H,1,9-10H2,2-3H3/t11-,12-,15-,16-/m1/s1. The number of nitro benzene ring substituents is 1. The van der Waals surface area contributed by atoms with Crippen molar-refractivity contribution in [1.29, 1.82) is 0 Å². The number of aliphatic hydroxyl groups excluding tert-OH is 1. The van der Waals surface area contributed by atoms with E-state index in [0.717, 1.165) is 4.90 Å².